The van der Waals surface area contributed by atoms with Gasteiger partial charge in [-0.05, 0) is 29.5 Å². The zero-order valence-corrected chi connectivity index (χ0v) is 15.3. The third-order valence-electron chi connectivity index (χ3n) is 5.24. The number of rotatable bonds is 5. The summed E-state index contributed by atoms with van der Waals surface area (Å²) in [6, 6.07) is 1.06. The van der Waals surface area contributed by atoms with E-state index in [2.05, 4.69) is 4.98 Å². The summed E-state index contributed by atoms with van der Waals surface area (Å²) in [5.74, 6) is -4.68. The van der Waals surface area contributed by atoms with Crippen LogP contribution in [0.5, 0.6) is 0 Å². The Morgan fingerprint density at radius 3 is 2.96 bits per heavy atom. The highest BCUT2D eigenvalue weighted by molar-refractivity contribution is 6.20. The van der Waals surface area contributed by atoms with Gasteiger partial charge in [0.25, 0.3) is 5.82 Å². The lowest BCUT2D eigenvalue weighted by atomic mass is 9.95. The Labute approximate surface area is 163 Å². The number of anilines is 1. The SMILES string of the molecule is [2H]C([2H])(N)C1CN(c2nc3c(cc2F)C(=O)C(C(=O)O)C=[N+]3C2CC2)[13CH2][13C]1=COC. The van der Waals surface area contributed by atoms with Crippen LogP contribution in [0.15, 0.2) is 17.9 Å². The summed E-state index contributed by atoms with van der Waals surface area (Å²) in [4.78, 5) is 30.0. The standard InChI is InChI=1S/C19H21FN4O4/c1-28-9-11-7-23(6-10(11)5-21)18-15(20)4-13-16(25)14(19(26)27)8-24(12-2-3-12)17(13)22-18/h4,8-10,12,14H,2-3,5-7,21H2,1H3/p+1/i5D2,7+1,11+1. The van der Waals surface area contributed by atoms with Gasteiger partial charge in [0.05, 0.1) is 19.6 Å². The van der Waals surface area contributed by atoms with Crippen LogP contribution in [0, 0.1) is 17.7 Å². The maximum atomic E-state index is 15.0. The van der Waals surface area contributed by atoms with Crippen molar-refractivity contribution in [2.45, 2.75) is 18.9 Å². The molecule has 9 heteroatoms. The van der Waals surface area contributed by atoms with Gasteiger partial charge >= 0.3 is 11.8 Å². The molecule has 2 unspecified atom stereocenters. The predicted octanol–water partition coefficient (Wildman–Crippen LogP) is 0.920. The van der Waals surface area contributed by atoms with Crippen molar-refractivity contribution in [2.24, 2.45) is 17.6 Å². The van der Waals surface area contributed by atoms with Gasteiger partial charge < -0.3 is 20.5 Å². The highest BCUT2D eigenvalue weighted by Crippen LogP contribution is 2.37. The highest BCUT2D eigenvalue weighted by atomic mass is 19.1. The van der Waals surface area contributed by atoms with Crippen molar-refractivity contribution in [3.8, 4) is 0 Å². The molecule has 8 nitrogen and oxygen atoms in total. The molecular weight excluding hydrogens is 369 g/mol. The lowest BCUT2D eigenvalue weighted by Crippen LogP contribution is -2.35. The largest absolute Gasteiger partial charge is 0.504 e. The Morgan fingerprint density at radius 2 is 2.36 bits per heavy atom. The van der Waals surface area contributed by atoms with Crippen LogP contribution in [-0.4, -0.2) is 65.4 Å². The number of aromatic nitrogens is 1. The molecule has 2 aliphatic heterocycles. The number of hydrogen-bond acceptors (Lipinski definition) is 6. The van der Waals surface area contributed by atoms with E-state index >= 15 is 4.39 Å². The molecule has 1 saturated heterocycles. The quantitative estimate of drug-likeness (QED) is 0.331. The number of nitrogens with two attached hydrogens (primary N) is 1. The number of pyridine rings is 1. The van der Waals surface area contributed by atoms with E-state index < -0.39 is 35.9 Å². The summed E-state index contributed by atoms with van der Waals surface area (Å²) < 4.78 is 37.4. The molecule has 1 saturated carbocycles. The van der Waals surface area contributed by atoms with Crippen molar-refractivity contribution in [2.75, 3.05) is 31.6 Å². The number of fused-ring (bicyclic) bond motifs is 1. The Hall–Kier alpha value is -2.81. The number of hydrogen-bond donors (Lipinski definition) is 2. The van der Waals surface area contributed by atoms with Crippen molar-refractivity contribution < 1.29 is 31.1 Å². The van der Waals surface area contributed by atoms with Gasteiger partial charge in [0.15, 0.2) is 17.5 Å². The summed E-state index contributed by atoms with van der Waals surface area (Å²) >= 11 is 0. The van der Waals surface area contributed by atoms with Crippen LogP contribution in [0.1, 0.15) is 25.9 Å². The van der Waals surface area contributed by atoms with Crippen molar-refractivity contribution in [3.05, 3.63) is 29.3 Å². The molecule has 2 fully saturated rings. The second-order valence-electron chi connectivity index (χ2n) is 7.16. The summed E-state index contributed by atoms with van der Waals surface area (Å²) in [5, 5.41) is 9.37. The van der Waals surface area contributed by atoms with Crippen molar-refractivity contribution in [1.29, 1.82) is 0 Å². The molecule has 0 spiro atoms. The third kappa shape index (κ3) is 3.05. The van der Waals surface area contributed by atoms with E-state index in [9.17, 15) is 14.7 Å². The molecule has 0 bridgehead atoms. The van der Waals surface area contributed by atoms with Crippen molar-refractivity contribution in [3.63, 3.8) is 0 Å². The minimum absolute atomic E-state index is 0.0259. The first-order valence-electron chi connectivity index (χ1n) is 9.98. The molecular formula is C19H22FN4O4+. The van der Waals surface area contributed by atoms with Crippen LogP contribution in [-0.2, 0) is 9.53 Å². The van der Waals surface area contributed by atoms with Crippen LogP contribution in [0.4, 0.5) is 16.0 Å². The summed E-state index contributed by atoms with van der Waals surface area (Å²) in [6.45, 7) is -1.79. The van der Waals surface area contributed by atoms with E-state index in [4.69, 9.17) is 13.2 Å². The normalized spacial score (nSPS) is 27.2. The van der Waals surface area contributed by atoms with Crippen molar-refractivity contribution in [1.82, 2.24) is 4.98 Å². The highest BCUT2D eigenvalue weighted by Gasteiger charge is 2.45. The van der Waals surface area contributed by atoms with Gasteiger partial charge in [-0.25, -0.2) is 8.97 Å². The lowest BCUT2D eigenvalue weighted by molar-refractivity contribution is -0.458. The van der Waals surface area contributed by atoms with E-state index in [1.807, 2.05) is 0 Å². The molecule has 2 atom stereocenters. The molecule has 28 heavy (non-hydrogen) atoms. The Balaban J connectivity index is 1.76. The second kappa shape index (κ2) is 6.97. The molecule has 4 rings (SSSR count). The average Bonchev–Trinajstić information content (AvgIpc) is 3.41. The summed E-state index contributed by atoms with van der Waals surface area (Å²) in [6.07, 6.45) is 4.40. The van der Waals surface area contributed by atoms with Gasteiger partial charge in [-0.15, -0.1) is 0 Å². The Kier molecular flexibility index (Phi) is 4.03. The molecule has 1 aromatic heterocycles. The van der Waals surface area contributed by atoms with Crippen LogP contribution < -0.4 is 10.6 Å². The number of aliphatic carboxylic acids is 1. The van der Waals surface area contributed by atoms with Crippen LogP contribution in [0.3, 0.4) is 0 Å². The van der Waals surface area contributed by atoms with E-state index in [0.29, 0.717) is 5.57 Å². The first-order valence-corrected chi connectivity index (χ1v) is 8.98. The Bertz CT molecular complexity index is 987. The van der Waals surface area contributed by atoms with Crippen LogP contribution >= 0.6 is 0 Å². The predicted molar refractivity (Wildman–Crippen MR) is 98.5 cm³/mol. The van der Waals surface area contributed by atoms with Gasteiger partial charge in [0.1, 0.15) is 11.6 Å². The number of ketones is 1. The number of ether oxygens (including phenoxy) is 1. The molecule has 3 N–H and O–H groups in total. The fourth-order valence-corrected chi connectivity index (χ4v) is 3.68. The maximum absolute atomic E-state index is 15.0. The molecule has 0 aromatic carbocycles. The number of carbonyl (C=O) groups is 2. The van der Waals surface area contributed by atoms with Gasteiger partial charge in [-0.3, -0.25) is 9.59 Å². The van der Waals surface area contributed by atoms with Gasteiger partial charge in [-0.2, -0.15) is 0 Å². The molecule has 148 valence electrons. The molecule has 0 radical (unpaired) electrons. The van der Waals surface area contributed by atoms with Gasteiger partial charge in [0.2, 0.25) is 0 Å². The number of carboxylic acids is 1. The molecule has 3 heterocycles. The monoisotopic (exact) mass is 393 g/mol. The third-order valence-corrected chi connectivity index (χ3v) is 5.24. The molecule has 0 amide bonds. The van der Waals surface area contributed by atoms with E-state index in [1.165, 1.54) is 19.6 Å². The maximum Gasteiger partial charge on any atom is 0.336 e. The van der Waals surface area contributed by atoms with E-state index in [0.717, 1.165) is 18.9 Å². The van der Waals surface area contributed by atoms with Crippen LogP contribution in [0.25, 0.3) is 0 Å². The number of Topliss-reactive ketones (excluding diaryl/α,β-unsaturated/α-hetero) is 1. The summed E-state index contributed by atoms with van der Waals surface area (Å²) in [5.41, 5.74) is 6.17. The number of nitrogens with zero attached hydrogens (tertiary/aromatic N) is 3. The Morgan fingerprint density at radius 1 is 1.61 bits per heavy atom. The topological polar surface area (TPSA) is 109 Å². The average molecular weight is 393 g/mol. The van der Waals surface area contributed by atoms with E-state index in [1.54, 1.807) is 9.48 Å². The minimum atomic E-state index is -2.04. The van der Waals surface area contributed by atoms with E-state index in [-0.39, 0.29) is 36.3 Å². The first kappa shape index (κ1) is 16.2. The second-order valence-corrected chi connectivity index (χ2v) is 7.16. The zero-order chi connectivity index (χ0) is 21.8. The van der Waals surface area contributed by atoms with Gasteiger partial charge in [-0.1, -0.05) is 0 Å². The number of carboxylic acid groups (broad SMARTS) is 1. The fourth-order valence-electron chi connectivity index (χ4n) is 3.68. The van der Waals surface area contributed by atoms with Crippen LogP contribution in [0.2, 0.25) is 0 Å². The number of carbonyl (C=O) groups excluding carboxylic acids is 1. The van der Waals surface area contributed by atoms with Gasteiger partial charge in [0, 0.05) is 28.2 Å². The number of methoxy groups -OCH3 is 1. The molecule has 1 aromatic rings. The molecule has 1 aliphatic carbocycles. The summed E-state index contributed by atoms with van der Waals surface area (Å²) in [7, 11) is 1.43. The number of halogens is 1. The molecule has 3 aliphatic rings. The van der Waals surface area contributed by atoms with Crippen molar-refractivity contribution >= 4 is 29.6 Å². The fraction of sp³-hybridized carbons (Fsp3) is 0.474. The smallest absolute Gasteiger partial charge is 0.336 e. The first-order chi connectivity index (χ1) is 14.1. The lowest BCUT2D eigenvalue weighted by Gasteiger charge is -2.19. The minimum Gasteiger partial charge on any atom is -0.504 e. The zero-order valence-electron chi connectivity index (χ0n) is 17.3.